The van der Waals surface area contributed by atoms with Crippen LogP contribution in [0.1, 0.15) is 38.2 Å². The van der Waals surface area contributed by atoms with Gasteiger partial charge < -0.3 is 5.32 Å². The molecule has 1 N–H and O–H groups in total. The van der Waals surface area contributed by atoms with Gasteiger partial charge in [-0.05, 0) is 30.9 Å². The van der Waals surface area contributed by atoms with E-state index in [0.717, 1.165) is 25.0 Å². The molecule has 1 aromatic rings. The van der Waals surface area contributed by atoms with Gasteiger partial charge in [-0.3, -0.25) is 10.1 Å². The molecule has 1 atom stereocenters. The number of benzene rings is 1. The summed E-state index contributed by atoms with van der Waals surface area (Å²) >= 11 is 0. The van der Waals surface area contributed by atoms with Crippen molar-refractivity contribution < 1.29 is 18.1 Å². The number of rotatable bonds is 6. The van der Waals surface area contributed by atoms with Gasteiger partial charge in [0.1, 0.15) is 5.56 Å². The summed E-state index contributed by atoms with van der Waals surface area (Å²) in [5.74, 6) is 0.655. The molecular formula is C14H17F3N2O2. The van der Waals surface area contributed by atoms with Crippen molar-refractivity contribution in [2.45, 2.75) is 44.8 Å². The highest BCUT2D eigenvalue weighted by Crippen LogP contribution is 2.38. The Bertz CT molecular complexity index is 527. The van der Waals surface area contributed by atoms with Crippen molar-refractivity contribution in [2.75, 3.05) is 5.32 Å². The Kier molecular flexibility index (Phi) is 4.39. The minimum absolute atomic E-state index is 0.0973. The van der Waals surface area contributed by atoms with Gasteiger partial charge in [-0.1, -0.05) is 19.8 Å². The lowest BCUT2D eigenvalue weighted by molar-refractivity contribution is -0.388. The molecule has 1 unspecified atom stereocenters. The fourth-order valence-electron chi connectivity index (χ4n) is 2.33. The number of nitrogens with zero attached hydrogens (tertiary/aromatic N) is 1. The molecule has 21 heavy (non-hydrogen) atoms. The smallest absolute Gasteiger partial charge is 0.382 e. The van der Waals surface area contributed by atoms with Crippen molar-refractivity contribution in [3.63, 3.8) is 0 Å². The van der Waals surface area contributed by atoms with Crippen LogP contribution in [0.25, 0.3) is 0 Å². The molecule has 1 aromatic carbocycles. The molecule has 0 aromatic heterocycles. The number of nitro groups is 1. The number of halogens is 3. The molecule has 1 aliphatic carbocycles. The highest BCUT2D eigenvalue weighted by Gasteiger charge is 2.38. The van der Waals surface area contributed by atoms with Crippen molar-refractivity contribution in [1.82, 2.24) is 0 Å². The molecule has 1 saturated carbocycles. The summed E-state index contributed by atoms with van der Waals surface area (Å²) in [7, 11) is 0. The van der Waals surface area contributed by atoms with E-state index in [-0.39, 0.29) is 11.7 Å². The average Bonchev–Trinajstić information content (AvgIpc) is 3.20. The SMILES string of the molecule is CCC(CC1CC1)Nc1ccc([N+](=O)[O-])c(C(F)(F)F)c1. The Balaban J connectivity index is 2.21. The summed E-state index contributed by atoms with van der Waals surface area (Å²) in [6.07, 6.45) is -0.666. The lowest BCUT2D eigenvalue weighted by Gasteiger charge is -2.19. The van der Waals surface area contributed by atoms with E-state index in [0.29, 0.717) is 5.92 Å². The molecule has 0 bridgehead atoms. The van der Waals surface area contributed by atoms with Crippen molar-refractivity contribution in [3.05, 3.63) is 33.9 Å². The van der Waals surface area contributed by atoms with Crippen LogP contribution in [0, 0.1) is 16.0 Å². The summed E-state index contributed by atoms with van der Waals surface area (Å²) < 4.78 is 38.7. The molecule has 2 rings (SSSR count). The Morgan fingerprint density at radius 3 is 2.57 bits per heavy atom. The van der Waals surface area contributed by atoms with E-state index >= 15 is 0 Å². The highest BCUT2D eigenvalue weighted by molar-refractivity contribution is 5.55. The first-order chi connectivity index (χ1) is 9.81. The number of nitrogens with one attached hydrogen (secondary N) is 1. The molecule has 0 radical (unpaired) electrons. The Hall–Kier alpha value is -1.79. The van der Waals surface area contributed by atoms with Crippen LogP contribution in [0.5, 0.6) is 0 Å². The first-order valence-corrected chi connectivity index (χ1v) is 6.93. The van der Waals surface area contributed by atoms with Crippen LogP contribution in [0.15, 0.2) is 18.2 Å². The second-order valence-corrected chi connectivity index (χ2v) is 5.42. The summed E-state index contributed by atoms with van der Waals surface area (Å²) in [6, 6.07) is 3.17. The van der Waals surface area contributed by atoms with Crippen molar-refractivity contribution in [3.8, 4) is 0 Å². The van der Waals surface area contributed by atoms with E-state index in [2.05, 4.69) is 5.32 Å². The van der Waals surface area contributed by atoms with Crippen LogP contribution in [0.4, 0.5) is 24.5 Å². The van der Waals surface area contributed by atoms with Gasteiger partial charge in [-0.15, -0.1) is 0 Å². The van der Waals surface area contributed by atoms with Crippen molar-refractivity contribution in [2.24, 2.45) is 5.92 Å². The predicted octanol–water partition coefficient (Wildman–Crippen LogP) is 4.60. The third-order valence-corrected chi connectivity index (χ3v) is 3.68. The molecule has 4 nitrogen and oxygen atoms in total. The van der Waals surface area contributed by atoms with Gasteiger partial charge >= 0.3 is 6.18 Å². The third-order valence-electron chi connectivity index (χ3n) is 3.68. The molecule has 0 spiro atoms. The third kappa shape index (κ3) is 4.09. The molecular weight excluding hydrogens is 285 g/mol. The number of alkyl halides is 3. The quantitative estimate of drug-likeness (QED) is 0.617. The molecule has 1 aliphatic rings. The van der Waals surface area contributed by atoms with Gasteiger partial charge in [0.2, 0.25) is 0 Å². The lowest BCUT2D eigenvalue weighted by Crippen LogP contribution is -2.19. The van der Waals surface area contributed by atoms with Crippen LogP contribution >= 0.6 is 0 Å². The molecule has 116 valence electrons. The molecule has 7 heteroatoms. The molecule has 1 fully saturated rings. The Morgan fingerprint density at radius 2 is 2.10 bits per heavy atom. The zero-order valence-corrected chi connectivity index (χ0v) is 11.6. The van der Waals surface area contributed by atoms with Crippen molar-refractivity contribution >= 4 is 11.4 Å². The average molecular weight is 302 g/mol. The largest absolute Gasteiger partial charge is 0.423 e. The van der Waals surface area contributed by atoms with Crippen molar-refractivity contribution in [1.29, 1.82) is 0 Å². The van der Waals surface area contributed by atoms with Gasteiger partial charge in [0.05, 0.1) is 4.92 Å². The highest BCUT2D eigenvalue weighted by atomic mass is 19.4. The fourth-order valence-corrected chi connectivity index (χ4v) is 2.33. The van der Waals surface area contributed by atoms with E-state index in [1.165, 1.54) is 18.9 Å². The second-order valence-electron chi connectivity index (χ2n) is 5.42. The van der Waals surface area contributed by atoms with Gasteiger partial charge in [0, 0.05) is 17.8 Å². The van der Waals surface area contributed by atoms with Crippen LogP contribution in [0.3, 0.4) is 0 Å². The number of hydrogen-bond donors (Lipinski definition) is 1. The molecule has 0 aliphatic heterocycles. The summed E-state index contributed by atoms with van der Waals surface area (Å²) in [4.78, 5) is 9.69. The predicted molar refractivity (Wildman–Crippen MR) is 73.1 cm³/mol. The topological polar surface area (TPSA) is 55.2 Å². The fraction of sp³-hybridized carbons (Fsp3) is 0.571. The van der Waals surface area contributed by atoms with Gasteiger partial charge in [0.25, 0.3) is 5.69 Å². The maximum atomic E-state index is 12.9. The normalized spacial score (nSPS) is 16.6. The molecule has 0 heterocycles. The summed E-state index contributed by atoms with van der Waals surface area (Å²) in [5, 5.41) is 13.8. The Labute approximate surface area is 120 Å². The number of anilines is 1. The molecule has 0 amide bonds. The van der Waals surface area contributed by atoms with Crippen LogP contribution in [0.2, 0.25) is 0 Å². The maximum Gasteiger partial charge on any atom is 0.423 e. The Morgan fingerprint density at radius 1 is 1.43 bits per heavy atom. The van der Waals surface area contributed by atoms with Gasteiger partial charge in [-0.25, -0.2) is 0 Å². The van der Waals surface area contributed by atoms with E-state index in [9.17, 15) is 23.3 Å². The van der Waals surface area contributed by atoms with E-state index in [1.807, 2.05) is 6.92 Å². The van der Waals surface area contributed by atoms with Crippen LogP contribution in [-0.4, -0.2) is 11.0 Å². The minimum atomic E-state index is -4.74. The summed E-state index contributed by atoms with van der Waals surface area (Å²) in [5.41, 5.74) is -1.84. The lowest BCUT2D eigenvalue weighted by atomic mass is 10.1. The zero-order valence-electron chi connectivity index (χ0n) is 11.6. The summed E-state index contributed by atoms with van der Waals surface area (Å²) in [6.45, 7) is 1.97. The van der Waals surface area contributed by atoms with Gasteiger partial charge in [0.15, 0.2) is 0 Å². The van der Waals surface area contributed by atoms with Crippen LogP contribution < -0.4 is 5.32 Å². The van der Waals surface area contributed by atoms with E-state index in [4.69, 9.17) is 0 Å². The van der Waals surface area contributed by atoms with Crippen LogP contribution in [-0.2, 0) is 6.18 Å². The zero-order chi connectivity index (χ0) is 15.6. The van der Waals surface area contributed by atoms with E-state index < -0.39 is 22.4 Å². The van der Waals surface area contributed by atoms with Gasteiger partial charge in [-0.2, -0.15) is 13.2 Å². The minimum Gasteiger partial charge on any atom is -0.382 e. The molecule has 0 saturated heterocycles. The first kappa shape index (κ1) is 15.6. The standard InChI is InChI=1S/C14H17F3N2O2/c1-2-10(7-9-3-4-9)18-11-5-6-13(19(20)21)12(8-11)14(15,16)17/h5-6,8-10,18H,2-4,7H2,1H3. The monoisotopic (exact) mass is 302 g/mol. The number of nitro benzene ring substituents is 1. The number of hydrogen-bond acceptors (Lipinski definition) is 3. The van der Waals surface area contributed by atoms with E-state index in [1.54, 1.807) is 0 Å². The second kappa shape index (κ2) is 5.91. The maximum absolute atomic E-state index is 12.9. The first-order valence-electron chi connectivity index (χ1n) is 6.93.